The van der Waals surface area contributed by atoms with Crippen molar-refractivity contribution >= 4 is 17.6 Å². The van der Waals surface area contributed by atoms with Gasteiger partial charge in [-0.3, -0.25) is 9.20 Å². The molecule has 0 aliphatic rings. The summed E-state index contributed by atoms with van der Waals surface area (Å²) in [5.74, 6) is -2.20. The van der Waals surface area contributed by atoms with Crippen molar-refractivity contribution in [2.45, 2.75) is 32.6 Å². The van der Waals surface area contributed by atoms with Crippen molar-refractivity contribution in [1.82, 2.24) is 20.0 Å². The fraction of sp³-hybridized carbons (Fsp3) is 0.318. The summed E-state index contributed by atoms with van der Waals surface area (Å²) >= 11 is 0. The van der Waals surface area contributed by atoms with E-state index in [2.05, 4.69) is 10.3 Å². The number of hydrogen-bond acceptors (Lipinski definition) is 5. The summed E-state index contributed by atoms with van der Waals surface area (Å²) < 4.78 is 48.3. The first-order valence-electron chi connectivity index (χ1n) is 10.1. The number of nitrogens with zero attached hydrogens (tertiary/aromatic N) is 2. The number of aliphatic hydroxyl groups excluding tert-OH is 1. The van der Waals surface area contributed by atoms with Crippen molar-refractivity contribution in [3.63, 3.8) is 0 Å². The fourth-order valence-electron chi connectivity index (χ4n) is 3.31. The average molecular weight is 480 g/mol. The first-order valence-corrected chi connectivity index (χ1v) is 10.1. The summed E-state index contributed by atoms with van der Waals surface area (Å²) in [5.41, 5.74) is -1.10. The number of amides is 2. The Morgan fingerprint density at radius 2 is 1.94 bits per heavy atom. The zero-order valence-electron chi connectivity index (χ0n) is 18.4. The van der Waals surface area contributed by atoms with E-state index in [0.717, 1.165) is 12.1 Å². The van der Waals surface area contributed by atoms with Gasteiger partial charge in [0.05, 0.1) is 23.4 Å². The Morgan fingerprint density at radius 3 is 2.53 bits per heavy atom. The highest BCUT2D eigenvalue weighted by molar-refractivity contribution is 5.95. The molecule has 1 atom stereocenters. The molecule has 0 aliphatic carbocycles. The lowest BCUT2D eigenvalue weighted by molar-refractivity contribution is 0.0926. The zero-order chi connectivity index (χ0) is 25.0. The number of alkyl halides is 1. The van der Waals surface area contributed by atoms with Gasteiger partial charge in [-0.05, 0) is 37.6 Å². The molecule has 34 heavy (non-hydrogen) atoms. The van der Waals surface area contributed by atoms with Crippen molar-refractivity contribution in [3.05, 3.63) is 64.6 Å². The highest BCUT2D eigenvalue weighted by Gasteiger charge is 2.29. The minimum atomic E-state index is -1.55. The van der Waals surface area contributed by atoms with Crippen LogP contribution in [0.1, 0.15) is 34.2 Å². The van der Waals surface area contributed by atoms with Gasteiger partial charge in [0.15, 0.2) is 11.4 Å². The van der Waals surface area contributed by atoms with Crippen molar-refractivity contribution in [3.8, 4) is 5.75 Å². The van der Waals surface area contributed by atoms with E-state index in [-0.39, 0.29) is 34.9 Å². The van der Waals surface area contributed by atoms with Crippen molar-refractivity contribution < 1.29 is 37.7 Å². The van der Waals surface area contributed by atoms with Crippen LogP contribution >= 0.6 is 0 Å². The van der Waals surface area contributed by atoms with Gasteiger partial charge in [-0.1, -0.05) is 6.07 Å². The quantitative estimate of drug-likeness (QED) is 0.373. The van der Waals surface area contributed by atoms with E-state index in [9.17, 15) is 27.9 Å². The summed E-state index contributed by atoms with van der Waals surface area (Å²) in [6, 6.07) is 4.84. The van der Waals surface area contributed by atoms with E-state index in [0.29, 0.717) is 5.56 Å². The maximum Gasteiger partial charge on any atom is 0.405 e. The molecule has 0 bridgehead atoms. The first-order chi connectivity index (χ1) is 16.1. The van der Waals surface area contributed by atoms with Crippen molar-refractivity contribution in [1.29, 1.82) is 0 Å². The fourth-order valence-corrected chi connectivity index (χ4v) is 3.31. The molecule has 9 nitrogen and oxygen atoms in total. The van der Waals surface area contributed by atoms with Gasteiger partial charge in [0.2, 0.25) is 0 Å². The molecule has 0 saturated carbocycles. The molecule has 0 saturated heterocycles. The van der Waals surface area contributed by atoms with Crippen LogP contribution in [0.2, 0.25) is 0 Å². The van der Waals surface area contributed by atoms with Crippen LogP contribution in [0.5, 0.6) is 5.75 Å². The second-order valence-corrected chi connectivity index (χ2v) is 7.91. The van der Waals surface area contributed by atoms with Crippen molar-refractivity contribution in [2.24, 2.45) is 0 Å². The normalized spacial score (nSPS) is 12.9. The Hall–Kier alpha value is -3.80. The molecule has 4 N–H and O–H groups in total. The number of aromatic nitrogens is 2. The van der Waals surface area contributed by atoms with E-state index in [1.807, 2.05) is 5.32 Å². The van der Waals surface area contributed by atoms with E-state index >= 15 is 0 Å². The number of aliphatic hydroxyl groups is 1. The summed E-state index contributed by atoms with van der Waals surface area (Å²) in [6.45, 7) is 0.514. The van der Waals surface area contributed by atoms with Crippen LogP contribution in [0.25, 0.3) is 5.65 Å². The number of hydrogen-bond donors (Lipinski definition) is 4. The molecule has 0 radical (unpaired) electrons. The van der Waals surface area contributed by atoms with Gasteiger partial charge in [-0.25, -0.2) is 22.9 Å². The summed E-state index contributed by atoms with van der Waals surface area (Å²) in [6.07, 6.45) is -0.00831. The molecule has 0 fully saturated rings. The number of carbonyl (C=O) groups is 2. The number of imidazole rings is 1. The number of fused-ring (bicyclic) bond motifs is 1. The summed E-state index contributed by atoms with van der Waals surface area (Å²) in [7, 11) is 0. The van der Waals surface area contributed by atoms with E-state index in [1.54, 1.807) is 0 Å². The predicted molar refractivity (Wildman–Crippen MR) is 114 cm³/mol. The van der Waals surface area contributed by atoms with Crippen LogP contribution in [0.15, 0.2) is 30.5 Å². The summed E-state index contributed by atoms with van der Waals surface area (Å²) in [4.78, 5) is 28.1. The highest BCUT2D eigenvalue weighted by Crippen LogP contribution is 2.26. The number of carbonyl (C=O) groups excluding carboxylic acids is 1. The number of rotatable bonds is 9. The number of pyridine rings is 1. The smallest absolute Gasteiger partial charge is 0.405 e. The number of benzene rings is 1. The minimum absolute atomic E-state index is 0.0313. The maximum absolute atomic E-state index is 14.0. The Bertz CT molecular complexity index is 1210. The predicted octanol–water partition coefficient (Wildman–Crippen LogP) is 2.72. The van der Waals surface area contributed by atoms with Crippen LogP contribution in [0, 0.1) is 18.6 Å². The van der Waals surface area contributed by atoms with Crippen LogP contribution in [0.3, 0.4) is 0 Å². The monoisotopic (exact) mass is 480 g/mol. The molecule has 3 rings (SSSR count). The number of carboxylic acid groups (broad SMARTS) is 1. The van der Waals surface area contributed by atoms with Crippen LogP contribution in [-0.2, 0) is 13.2 Å². The molecule has 12 heteroatoms. The molecule has 1 unspecified atom stereocenters. The van der Waals surface area contributed by atoms with E-state index in [1.165, 1.54) is 36.6 Å². The number of aryl methyl sites for hydroxylation is 1. The zero-order valence-corrected chi connectivity index (χ0v) is 18.4. The lowest BCUT2D eigenvalue weighted by Crippen LogP contribution is -2.55. The number of halogens is 3. The highest BCUT2D eigenvalue weighted by atomic mass is 19.1. The Balaban J connectivity index is 1.93. The van der Waals surface area contributed by atoms with Crippen LogP contribution < -0.4 is 15.4 Å². The number of ether oxygens (including phenoxy) is 1. The SMILES string of the molecule is Cc1nc2c(OCc3c(F)cccc3F)cc(CO)cn2c1C(=O)NCC(C)(CF)NC(=O)O. The molecular formula is C22H23F3N4O5. The van der Waals surface area contributed by atoms with Gasteiger partial charge in [0.25, 0.3) is 5.91 Å². The maximum atomic E-state index is 14.0. The molecule has 1 aromatic carbocycles. The molecule has 2 heterocycles. The largest absolute Gasteiger partial charge is 0.485 e. The van der Waals surface area contributed by atoms with Gasteiger partial charge in [-0.2, -0.15) is 0 Å². The third-order valence-electron chi connectivity index (χ3n) is 5.09. The van der Waals surface area contributed by atoms with E-state index < -0.39 is 49.1 Å². The molecule has 2 aromatic heterocycles. The molecule has 0 aliphatic heterocycles. The third kappa shape index (κ3) is 5.22. The molecule has 2 amide bonds. The van der Waals surface area contributed by atoms with Gasteiger partial charge < -0.3 is 25.6 Å². The lowest BCUT2D eigenvalue weighted by atomic mass is 10.1. The Morgan fingerprint density at radius 1 is 1.26 bits per heavy atom. The summed E-state index contributed by atoms with van der Waals surface area (Å²) in [5, 5.41) is 23.0. The van der Waals surface area contributed by atoms with Gasteiger partial charge in [0.1, 0.15) is 30.6 Å². The molecule has 3 aromatic rings. The Kier molecular flexibility index (Phi) is 7.30. The second kappa shape index (κ2) is 10.00. The lowest BCUT2D eigenvalue weighted by Gasteiger charge is -2.26. The first kappa shape index (κ1) is 24.8. The van der Waals surface area contributed by atoms with Crippen molar-refractivity contribution in [2.75, 3.05) is 13.2 Å². The number of nitrogens with one attached hydrogen (secondary N) is 2. The standard InChI is InChI=1S/C22H23F3N4O5/c1-12-18(20(31)26-11-22(2,10-23)28-21(32)33)29-7-13(8-30)6-17(19(29)27-12)34-9-14-15(24)4-3-5-16(14)25/h3-7,28,30H,8-11H2,1-2H3,(H,26,31)(H,32,33). The molecule has 0 spiro atoms. The van der Waals surface area contributed by atoms with E-state index in [4.69, 9.17) is 9.84 Å². The van der Waals surface area contributed by atoms with Gasteiger partial charge >= 0.3 is 6.09 Å². The molecular weight excluding hydrogens is 457 g/mol. The van der Waals surface area contributed by atoms with Gasteiger partial charge in [0, 0.05) is 12.7 Å². The minimum Gasteiger partial charge on any atom is -0.485 e. The van der Waals surface area contributed by atoms with Crippen LogP contribution in [0.4, 0.5) is 18.0 Å². The topological polar surface area (TPSA) is 125 Å². The Labute approximate surface area is 192 Å². The third-order valence-corrected chi connectivity index (χ3v) is 5.09. The van der Waals surface area contributed by atoms with Gasteiger partial charge in [-0.15, -0.1) is 0 Å². The molecule has 182 valence electrons. The van der Waals surface area contributed by atoms with Crippen LogP contribution in [-0.4, -0.2) is 50.4 Å². The average Bonchev–Trinajstić information content (AvgIpc) is 3.12. The second-order valence-electron chi connectivity index (χ2n) is 7.91.